The minimum absolute atomic E-state index is 0.0552. The van der Waals surface area contributed by atoms with E-state index in [1.165, 1.54) is 0 Å². The Labute approximate surface area is 145 Å². The number of para-hydroxylation sites is 1. The van der Waals surface area contributed by atoms with Crippen LogP contribution in [0.5, 0.6) is 11.5 Å². The highest BCUT2D eigenvalue weighted by Crippen LogP contribution is 2.33. The van der Waals surface area contributed by atoms with Crippen molar-refractivity contribution in [2.45, 2.75) is 12.8 Å². The maximum absolute atomic E-state index is 12.7. The van der Waals surface area contributed by atoms with Gasteiger partial charge >= 0.3 is 0 Å². The quantitative estimate of drug-likeness (QED) is 0.934. The lowest BCUT2D eigenvalue weighted by Crippen LogP contribution is -2.27. The van der Waals surface area contributed by atoms with Crippen molar-refractivity contribution < 1.29 is 19.1 Å². The fourth-order valence-electron chi connectivity index (χ4n) is 3.12. The molecule has 128 valence electrons. The van der Waals surface area contributed by atoms with E-state index in [4.69, 9.17) is 9.47 Å². The Hall–Kier alpha value is -3.02. The summed E-state index contributed by atoms with van der Waals surface area (Å²) in [4.78, 5) is 26.5. The minimum Gasteiger partial charge on any atom is -0.486 e. The zero-order valence-electron chi connectivity index (χ0n) is 13.7. The molecule has 0 unspecified atom stereocenters. The first kappa shape index (κ1) is 15.5. The first-order valence-electron chi connectivity index (χ1n) is 8.33. The number of fused-ring (bicyclic) bond motifs is 1. The Morgan fingerprint density at radius 1 is 1.04 bits per heavy atom. The highest BCUT2D eigenvalue weighted by atomic mass is 16.6. The lowest BCUT2D eigenvalue weighted by Gasteiger charge is -2.20. The molecule has 6 nitrogen and oxygen atoms in total. The van der Waals surface area contributed by atoms with Crippen LogP contribution >= 0.6 is 0 Å². The van der Waals surface area contributed by atoms with Gasteiger partial charge in [0.05, 0.1) is 11.3 Å². The van der Waals surface area contributed by atoms with Gasteiger partial charge in [0.15, 0.2) is 11.5 Å². The minimum atomic E-state index is -0.257. The number of ether oxygens (including phenoxy) is 2. The van der Waals surface area contributed by atoms with Crippen LogP contribution in [0.2, 0.25) is 0 Å². The summed E-state index contributed by atoms with van der Waals surface area (Å²) in [7, 11) is 0. The number of benzene rings is 2. The Kier molecular flexibility index (Phi) is 4.01. The van der Waals surface area contributed by atoms with E-state index >= 15 is 0 Å². The molecule has 0 spiro atoms. The molecule has 0 aliphatic carbocycles. The van der Waals surface area contributed by atoms with Crippen molar-refractivity contribution in [2.24, 2.45) is 0 Å². The Morgan fingerprint density at radius 2 is 1.84 bits per heavy atom. The van der Waals surface area contributed by atoms with Gasteiger partial charge in [-0.15, -0.1) is 0 Å². The number of amides is 2. The van der Waals surface area contributed by atoms with Crippen LogP contribution in [0.15, 0.2) is 42.5 Å². The van der Waals surface area contributed by atoms with Crippen molar-refractivity contribution in [1.29, 1.82) is 0 Å². The second kappa shape index (κ2) is 6.47. The van der Waals surface area contributed by atoms with E-state index in [-0.39, 0.29) is 11.8 Å². The smallest absolute Gasteiger partial charge is 0.257 e. The van der Waals surface area contributed by atoms with Gasteiger partial charge in [0.25, 0.3) is 5.91 Å². The molecule has 1 saturated heterocycles. The van der Waals surface area contributed by atoms with E-state index in [2.05, 4.69) is 5.32 Å². The normalized spacial score (nSPS) is 16.0. The number of nitrogens with one attached hydrogen (secondary N) is 1. The van der Waals surface area contributed by atoms with Crippen molar-refractivity contribution in [1.82, 2.24) is 0 Å². The average Bonchev–Trinajstić information content (AvgIpc) is 3.07. The third kappa shape index (κ3) is 3.03. The van der Waals surface area contributed by atoms with Crippen molar-refractivity contribution in [3.05, 3.63) is 48.0 Å². The lowest BCUT2D eigenvalue weighted by atomic mass is 10.1. The number of carbonyl (C=O) groups excluding carboxylic acids is 2. The van der Waals surface area contributed by atoms with Gasteiger partial charge in [-0.25, -0.2) is 0 Å². The van der Waals surface area contributed by atoms with E-state index in [1.807, 2.05) is 12.1 Å². The van der Waals surface area contributed by atoms with Gasteiger partial charge in [0.1, 0.15) is 13.2 Å². The number of rotatable bonds is 3. The van der Waals surface area contributed by atoms with Crippen LogP contribution in [0.4, 0.5) is 11.4 Å². The van der Waals surface area contributed by atoms with Gasteiger partial charge in [-0.1, -0.05) is 12.1 Å². The number of carbonyl (C=O) groups is 2. The monoisotopic (exact) mass is 338 g/mol. The zero-order chi connectivity index (χ0) is 17.2. The van der Waals surface area contributed by atoms with Crippen LogP contribution in [0, 0.1) is 0 Å². The van der Waals surface area contributed by atoms with Crippen LogP contribution in [0.3, 0.4) is 0 Å². The van der Waals surface area contributed by atoms with E-state index in [0.29, 0.717) is 54.6 Å². The highest BCUT2D eigenvalue weighted by Gasteiger charge is 2.25. The van der Waals surface area contributed by atoms with Gasteiger partial charge in [-0.3, -0.25) is 9.59 Å². The predicted octanol–water partition coefficient (Wildman–Crippen LogP) is 2.84. The third-order valence-corrected chi connectivity index (χ3v) is 4.31. The summed E-state index contributed by atoms with van der Waals surface area (Å²) < 4.78 is 11.0. The number of hydrogen-bond acceptors (Lipinski definition) is 4. The number of hydrogen-bond donors (Lipinski definition) is 1. The lowest BCUT2D eigenvalue weighted by molar-refractivity contribution is -0.117. The summed E-state index contributed by atoms with van der Waals surface area (Å²) in [6.45, 7) is 1.66. The molecule has 6 heteroatoms. The fourth-order valence-corrected chi connectivity index (χ4v) is 3.12. The predicted molar refractivity (Wildman–Crippen MR) is 93.4 cm³/mol. The second-order valence-electron chi connectivity index (χ2n) is 5.98. The van der Waals surface area contributed by atoms with Gasteiger partial charge in [0.2, 0.25) is 5.91 Å². The molecule has 0 atom stereocenters. The summed E-state index contributed by atoms with van der Waals surface area (Å²) in [6.07, 6.45) is 1.34. The molecule has 2 amide bonds. The van der Waals surface area contributed by atoms with Crippen LogP contribution < -0.4 is 19.7 Å². The maximum atomic E-state index is 12.7. The molecule has 2 heterocycles. The molecule has 2 aromatic carbocycles. The average molecular weight is 338 g/mol. The molecule has 0 aromatic heterocycles. The summed E-state index contributed by atoms with van der Waals surface area (Å²) in [6, 6.07) is 12.5. The molecular weight excluding hydrogens is 320 g/mol. The molecule has 1 fully saturated rings. The Bertz CT molecular complexity index is 834. The summed E-state index contributed by atoms with van der Waals surface area (Å²) in [5.74, 6) is 1.09. The molecule has 2 aliphatic heterocycles. The van der Waals surface area contributed by atoms with E-state index in [1.54, 1.807) is 35.2 Å². The first-order valence-corrected chi connectivity index (χ1v) is 8.33. The van der Waals surface area contributed by atoms with Crippen LogP contribution in [-0.4, -0.2) is 31.6 Å². The van der Waals surface area contributed by atoms with Crippen molar-refractivity contribution in [2.75, 3.05) is 30.0 Å². The molecule has 0 bridgehead atoms. The largest absolute Gasteiger partial charge is 0.486 e. The zero-order valence-corrected chi connectivity index (χ0v) is 13.7. The third-order valence-electron chi connectivity index (χ3n) is 4.31. The van der Waals surface area contributed by atoms with Crippen LogP contribution in [-0.2, 0) is 4.79 Å². The fraction of sp³-hybridized carbons (Fsp3) is 0.263. The number of anilines is 2. The topological polar surface area (TPSA) is 67.9 Å². The van der Waals surface area contributed by atoms with E-state index in [9.17, 15) is 9.59 Å². The maximum Gasteiger partial charge on any atom is 0.257 e. The van der Waals surface area contributed by atoms with Gasteiger partial charge in [0, 0.05) is 24.7 Å². The van der Waals surface area contributed by atoms with E-state index < -0.39 is 0 Å². The molecule has 2 aliphatic rings. The SMILES string of the molecule is O=C(Nc1ccc2c(c1)OCCO2)c1ccccc1N1CCCC1=O. The highest BCUT2D eigenvalue weighted by molar-refractivity contribution is 6.11. The summed E-state index contributed by atoms with van der Waals surface area (Å²) in [5.41, 5.74) is 1.75. The van der Waals surface area contributed by atoms with Crippen molar-refractivity contribution >= 4 is 23.2 Å². The van der Waals surface area contributed by atoms with Gasteiger partial charge in [-0.05, 0) is 30.7 Å². The Morgan fingerprint density at radius 3 is 2.64 bits per heavy atom. The molecule has 25 heavy (non-hydrogen) atoms. The van der Waals surface area contributed by atoms with Gasteiger partial charge in [-0.2, -0.15) is 0 Å². The van der Waals surface area contributed by atoms with Crippen LogP contribution in [0.1, 0.15) is 23.2 Å². The molecule has 1 N–H and O–H groups in total. The standard InChI is InChI=1S/C19H18N2O4/c22-18-6-3-9-21(18)15-5-2-1-4-14(15)19(23)20-13-7-8-16-17(12-13)25-11-10-24-16/h1-2,4-5,7-8,12H,3,6,9-11H2,(H,20,23). The van der Waals surface area contributed by atoms with Gasteiger partial charge < -0.3 is 19.7 Å². The molecule has 4 rings (SSSR count). The molecule has 0 radical (unpaired) electrons. The Balaban J connectivity index is 1.58. The van der Waals surface area contributed by atoms with Crippen LogP contribution in [0.25, 0.3) is 0 Å². The van der Waals surface area contributed by atoms with E-state index in [0.717, 1.165) is 6.42 Å². The van der Waals surface area contributed by atoms with Crippen molar-refractivity contribution in [3.63, 3.8) is 0 Å². The molecule has 2 aromatic rings. The summed E-state index contributed by atoms with van der Waals surface area (Å²) >= 11 is 0. The van der Waals surface area contributed by atoms with Crippen molar-refractivity contribution in [3.8, 4) is 11.5 Å². The molecular formula is C19H18N2O4. The number of nitrogens with zero attached hydrogens (tertiary/aromatic N) is 1. The summed E-state index contributed by atoms with van der Waals surface area (Å²) in [5, 5.41) is 2.87. The first-order chi connectivity index (χ1) is 12.2. The second-order valence-corrected chi connectivity index (χ2v) is 5.98. The molecule has 0 saturated carbocycles.